The van der Waals surface area contributed by atoms with E-state index < -0.39 is 48.3 Å². The average Bonchev–Trinajstić information content (AvgIpc) is 3.52. The van der Waals surface area contributed by atoms with Crippen molar-refractivity contribution in [3.8, 4) is 17.3 Å². The van der Waals surface area contributed by atoms with Crippen LogP contribution >= 0.6 is 11.3 Å². The highest BCUT2D eigenvalue weighted by Crippen LogP contribution is 2.43. The van der Waals surface area contributed by atoms with Gasteiger partial charge in [0.25, 0.3) is 5.82 Å². The Kier molecular flexibility index (Phi) is 7.73. The maximum Gasteiger partial charge on any atom is 0.453 e. The summed E-state index contributed by atoms with van der Waals surface area (Å²) in [6.45, 7) is 0.899. The fourth-order valence-corrected chi connectivity index (χ4v) is 4.72. The third-order valence-electron chi connectivity index (χ3n) is 5.42. The molecule has 1 fully saturated rings. The molecule has 0 spiro atoms. The maximum atomic E-state index is 13.5. The van der Waals surface area contributed by atoms with Gasteiger partial charge < -0.3 is 19.6 Å². The fourth-order valence-electron chi connectivity index (χ4n) is 3.73. The van der Waals surface area contributed by atoms with Gasteiger partial charge in [-0.2, -0.15) is 26.3 Å². The first-order valence-electron chi connectivity index (χ1n) is 11.1. The van der Waals surface area contributed by atoms with E-state index in [0.717, 1.165) is 11.0 Å². The molecule has 4 rings (SSSR count). The Hall–Kier alpha value is -3.54. The third kappa shape index (κ3) is 5.95. The van der Waals surface area contributed by atoms with E-state index in [1.165, 1.54) is 17.3 Å². The molecule has 18 heteroatoms. The number of ether oxygens (including phenoxy) is 1. The van der Waals surface area contributed by atoms with Crippen LogP contribution < -0.4 is 9.64 Å². The molecule has 1 aliphatic rings. The fraction of sp³-hybridized carbons (Fsp3) is 0.500. The lowest BCUT2D eigenvalue weighted by Crippen LogP contribution is -2.57. The molecule has 0 bridgehead atoms. The summed E-state index contributed by atoms with van der Waals surface area (Å²) in [4.78, 5) is 30.5. The number of nitrogens with zero attached hydrogens (tertiary/aromatic N) is 8. The summed E-state index contributed by atoms with van der Waals surface area (Å²) in [6, 6.07) is -0.811. The number of piperazine rings is 1. The number of anilines is 1. The second-order valence-corrected chi connectivity index (χ2v) is 8.97. The van der Waals surface area contributed by atoms with Crippen molar-refractivity contribution in [1.82, 2.24) is 34.6 Å². The summed E-state index contributed by atoms with van der Waals surface area (Å²) < 4.78 is 84.7. The molecule has 1 saturated heterocycles. The van der Waals surface area contributed by atoms with Crippen LogP contribution in [0.15, 0.2) is 18.7 Å². The van der Waals surface area contributed by atoms with E-state index in [-0.39, 0.29) is 41.9 Å². The van der Waals surface area contributed by atoms with Crippen molar-refractivity contribution >= 4 is 22.2 Å². The molecule has 0 saturated carbocycles. The number of carbonyl (C=O) groups is 1. The van der Waals surface area contributed by atoms with Crippen LogP contribution in [0.25, 0.3) is 11.3 Å². The van der Waals surface area contributed by atoms with E-state index >= 15 is 0 Å². The van der Waals surface area contributed by atoms with Crippen molar-refractivity contribution in [1.29, 1.82) is 0 Å². The third-order valence-corrected chi connectivity index (χ3v) is 6.58. The van der Waals surface area contributed by atoms with E-state index in [0.29, 0.717) is 17.9 Å². The number of amides is 1. The van der Waals surface area contributed by atoms with Gasteiger partial charge in [0.05, 0.1) is 19.3 Å². The Balaban J connectivity index is 1.55. The van der Waals surface area contributed by atoms with Gasteiger partial charge in [-0.15, -0.1) is 5.10 Å². The van der Waals surface area contributed by atoms with Gasteiger partial charge in [-0.3, -0.25) is 4.79 Å². The number of aromatic nitrogens is 6. The van der Waals surface area contributed by atoms with Crippen LogP contribution in [0.4, 0.5) is 31.3 Å². The zero-order valence-corrected chi connectivity index (χ0v) is 20.4. The number of halogens is 6. The van der Waals surface area contributed by atoms with E-state index in [1.54, 1.807) is 11.8 Å². The molecule has 206 valence electrons. The topological polar surface area (TPSA) is 122 Å². The first-order chi connectivity index (χ1) is 17.9. The number of hydrogen-bond acceptors (Lipinski definition) is 10. The Morgan fingerprint density at radius 1 is 1.13 bits per heavy atom. The van der Waals surface area contributed by atoms with Gasteiger partial charge in [0, 0.05) is 37.6 Å². The van der Waals surface area contributed by atoms with Gasteiger partial charge in [-0.05, 0) is 6.92 Å². The van der Waals surface area contributed by atoms with Crippen molar-refractivity contribution in [3.05, 3.63) is 29.6 Å². The van der Waals surface area contributed by atoms with Gasteiger partial charge in [0.1, 0.15) is 23.6 Å². The molecule has 0 unspecified atom stereocenters. The summed E-state index contributed by atoms with van der Waals surface area (Å²) in [7, 11) is 0. The molecule has 0 aliphatic carbocycles. The van der Waals surface area contributed by atoms with Crippen LogP contribution in [0, 0.1) is 0 Å². The second-order valence-electron chi connectivity index (χ2n) is 7.99. The SMILES string of the molecule is CCOc1ncc(-c2nc(C(F)(F)F)sc2N2CCN(C(=O)Cn3cnc(C(F)(F)F)n3)[C@H](CO)C2)cn1. The Bertz CT molecular complexity index is 1260. The molecule has 1 aliphatic heterocycles. The molecule has 1 N–H and O–H groups in total. The minimum absolute atomic E-state index is 0.0239. The van der Waals surface area contributed by atoms with Gasteiger partial charge in [-0.25, -0.2) is 24.6 Å². The van der Waals surface area contributed by atoms with E-state index in [4.69, 9.17) is 4.74 Å². The largest absolute Gasteiger partial charge is 0.464 e. The molecular weight excluding hydrogens is 546 g/mol. The van der Waals surface area contributed by atoms with Crippen molar-refractivity contribution < 1.29 is 41.0 Å². The van der Waals surface area contributed by atoms with E-state index in [1.807, 2.05) is 0 Å². The molecule has 3 aromatic heterocycles. The lowest BCUT2D eigenvalue weighted by molar-refractivity contribution is -0.145. The number of aliphatic hydroxyl groups excluding tert-OH is 1. The summed E-state index contributed by atoms with van der Waals surface area (Å²) in [5.74, 6) is -2.03. The molecule has 4 heterocycles. The Morgan fingerprint density at radius 3 is 2.42 bits per heavy atom. The molecule has 3 aromatic rings. The monoisotopic (exact) mass is 566 g/mol. The number of alkyl halides is 6. The minimum atomic E-state index is -4.77. The number of carbonyl (C=O) groups excluding carboxylic acids is 1. The van der Waals surface area contributed by atoms with Crippen LogP contribution in [-0.4, -0.2) is 84.5 Å². The summed E-state index contributed by atoms with van der Waals surface area (Å²) >= 11 is 0.401. The highest BCUT2D eigenvalue weighted by molar-refractivity contribution is 7.16. The maximum absolute atomic E-state index is 13.5. The van der Waals surface area contributed by atoms with Gasteiger partial charge in [-0.1, -0.05) is 11.3 Å². The zero-order chi connectivity index (χ0) is 27.7. The highest BCUT2D eigenvalue weighted by atomic mass is 32.1. The molecule has 11 nitrogen and oxygen atoms in total. The lowest BCUT2D eigenvalue weighted by atomic mass is 10.1. The number of aliphatic hydroxyl groups is 1. The van der Waals surface area contributed by atoms with Crippen LogP contribution in [0.1, 0.15) is 17.8 Å². The highest BCUT2D eigenvalue weighted by Gasteiger charge is 2.39. The number of rotatable bonds is 7. The van der Waals surface area contributed by atoms with Crippen LogP contribution in [0.3, 0.4) is 0 Å². The molecular formula is C20H20F6N8O3S. The van der Waals surface area contributed by atoms with Crippen molar-refractivity contribution in [2.24, 2.45) is 0 Å². The summed E-state index contributed by atoms with van der Waals surface area (Å²) in [5, 5.41) is 12.2. The van der Waals surface area contributed by atoms with Crippen molar-refractivity contribution in [2.45, 2.75) is 31.9 Å². The predicted octanol–water partition coefficient (Wildman–Crippen LogP) is 2.34. The van der Waals surface area contributed by atoms with Gasteiger partial charge >= 0.3 is 18.4 Å². The standard InChI is InChI=1S/C20H20F6N8O3S/c1-2-37-18-27-5-11(6-28-18)14-15(38-17(30-14)20(24,25)26)32-3-4-34(12(7-32)9-35)13(36)8-33-10-29-16(31-33)19(21,22)23/h5-6,10,12,35H,2-4,7-9H2,1H3/t12-/m0/s1. The zero-order valence-electron chi connectivity index (χ0n) is 19.6. The normalized spacial score (nSPS) is 16.7. The smallest absolute Gasteiger partial charge is 0.453 e. The van der Waals surface area contributed by atoms with Crippen molar-refractivity contribution in [3.63, 3.8) is 0 Å². The van der Waals surface area contributed by atoms with Crippen LogP contribution in [0.2, 0.25) is 0 Å². The molecule has 1 atom stereocenters. The molecule has 38 heavy (non-hydrogen) atoms. The lowest BCUT2D eigenvalue weighted by Gasteiger charge is -2.41. The Labute approximate surface area is 214 Å². The minimum Gasteiger partial charge on any atom is -0.464 e. The number of hydrogen-bond donors (Lipinski definition) is 1. The van der Waals surface area contributed by atoms with E-state index in [9.17, 15) is 36.2 Å². The van der Waals surface area contributed by atoms with Crippen LogP contribution in [-0.2, 0) is 23.7 Å². The van der Waals surface area contributed by atoms with Crippen molar-refractivity contribution in [2.75, 3.05) is 37.7 Å². The van der Waals surface area contributed by atoms with Gasteiger partial charge in [0.2, 0.25) is 10.9 Å². The van der Waals surface area contributed by atoms with Gasteiger partial charge in [0.15, 0.2) is 0 Å². The predicted molar refractivity (Wildman–Crippen MR) is 119 cm³/mol. The summed E-state index contributed by atoms with van der Waals surface area (Å²) in [6.07, 6.45) is -6.15. The van der Waals surface area contributed by atoms with Crippen LogP contribution in [0.5, 0.6) is 6.01 Å². The first kappa shape index (κ1) is 27.5. The molecule has 0 radical (unpaired) electrons. The molecule has 0 aromatic carbocycles. The average molecular weight is 566 g/mol. The second kappa shape index (κ2) is 10.7. The Morgan fingerprint density at radius 2 is 1.84 bits per heavy atom. The quantitative estimate of drug-likeness (QED) is 0.430. The summed E-state index contributed by atoms with van der Waals surface area (Å²) in [5.41, 5.74) is 0.185. The van der Waals surface area contributed by atoms with E-state index in [2.05, 4.69) is 25.0 Å². The number of thiazole rings is 1. The molecule has 1 amide bonds. The first-order valence-corrected chi connectivity index (χ1v) is 11.9.